The molecule has 0 aromatic heterocycles. The summed E-state index contributed by atoms with van der Waals surface area (Å²) in [7, 11) is 0. The summed E-state index contributed by atoms with van der Waals surface area (Å²) in [6.45, 7) is -1.07. The molecule has 1 aliphatic rings. The smallest absolute Gasteiger partial charge is 0.387 e. The Kier molecular flexibility index (Phi) is 6.15. The van der Waals surface area contributed by atoms with Crippen LogP contribution in [0.15, 0.2) is 24.3 Å². The molecule has 1 aliphatic carbocycles. The van der Waals surface area contributed by atoms with Crippen molar-refractivity contribution in [1.82, 2.24) is 10.6 Å². The maximum absolute atomic E-state index is 12.1. The number of halogens is 2. The van der Waals surface area contributed by atoms with E-state index in [1.54, 1.807) is 19.1 Å². The fraction of sp³-hybridized carbons (Fsp3) is 0.562. The molecule has 1 fully saturated rings. The van der Waals surface area contributed by atoms with Crippen molar-refractivity contribution in [2.45, 2.75) is 57.4 Å². The lowest BCUT2D eigenvalue weighted by atomic mass is 9.93. The molecule has 128 valence electrons. The zero-order valence-electron chi connectivity index (χ0n) is 13.0. The van der Waals surface area contributed by atoms with Crippen molar-refractivity contribution >= 4 is 6.03 Å². The number of rotatable bonds is 5. The van der Waals surface area contributed by atoms with E-state index in [0.29, 0.717) is 6.42 Å². The third-order valence-corrected chi connectivity index (χ3v) is 4.00. The second kappa shape index (κ2) is 8.10. The van der Waals surface area contributed by atoms with E-state index in [0.717, 1.165) is 24.8 Å². The molecule has 5 nitrogen and oxygen atoms in total. The molecule has 0 heterocycles. The minimum Gasteiger partial charge on any atom is -0.435 e. The number of carbonyl (C=O) groups is 1. The van der Waals surface area contributed by atoms with Crippen LogP contribution in [0.25, 0.3) is 0 Å². The summed E-state index contributed by atoms with van der Waals surface area (Å²) in [5, 5.41) is 15.4. The van der Waals surface area contributed by atoms with Crippen LogP contribution < -0.4 is 15.4 Å². The average Bonchev–Trinajstić information content (AvgIpc) is 2.49. The molecule has 0 spiro atoms. The molecule has 1 saturated carbocycles. The van der Waals surface area contributed by atoms with Crippen molar-refractivity contribution in [2.75, 3.05) is 0 Å². The van der Waals surface area contributed by atoms with Crippen molar-refractivity contribution < 1.29 is 23.4 Å². The maximum Gasteiger partial charge on any atom is 0.387 e. The molecule has 23 heavy (non-hydrogen) atoms. The molecule has 3 N–H and O–H groups in total. The van der Waals surface area contributed by atoms with Crippen molar-refractivity contribution in [1.29, 1.82) is 0 Å². The van der Waals surface area contributed by atoms with E-state index in [4.69, 9.17) is 0 Å². The van der Waals surface area contributed by atoms with Crippen molar-refractivity contribution in [2.24, 2.45) is 0 Å². The number of amides is 2. The molecule has 3 unspecified atom stereocenters. The van der Waals surface area contributed by atoms with Crippen LogP contribution in [0.4, 0.5) is 13.6 Å². The number of hydrogen-bond acceptors (Lipinski definition) is 3. The highest BCUT2D eigenvalue weighted by Gasteiger charge is 2.24. The van der Waals surface area contributed by atoms with E-state index in [1.165, 1.54) is 12.1 Å². The van der Waals surface area contributed by atoms with Gasteiger partial charge in [0.05, 0.1) is 18.2 Å². The molecule has 0 bridgehead atoms. The first kappa shape index (κ1) is 17.5. The number of aliphatic hydroxyl groups excluding tert-OH is 1. The van der Waals surface area contributed by atoms with Gasteiger partial charge in [-0.05, 0) is 37.5 Å². The first-order valence-electron chi connectivity index (χ1n) is 7.75. The Morgan fingerprint density at radius 2 is 1.91 bits per heavy atom. The number of aliphatic hydroxyl groups is 1. The molecule has 0 radical (unpaired) electrons. The predicted molar refractivity (Wildman–Crippen MR) is 81.4 cm³/mol. The van der Waals surface area contributed by atoms with Gasteiger partial charge in [-0.1, -0.05) is 25.0 Å². The molecule has 0 saturated heterocycles. The van der Waals surface area contributed by atoms with Crippen molar-refractivity contribution in [3.63, 3.8) is 0 Å². The molecule has 1 aromatic rings. The second-order valence-electron chi connectivity index (χ2n) is 5.75. The van der Waals surface area contributed by atoms with Gasteiger partial charge in [-0.15, -0.1) is 0 Å². The Labute approximate surface area is 134 Å². The first-order valence-corrected chi connectivity index (χ1v) is 7.75. The zero-order valence-corrected chi connectivity index (χ0v) is 13.0. The summed E-state index contributed by atoms with van der Waals surface area (Å²) in [6.07, 6.45) is 2.93. The van der Waals surface area contributed by atoms with Gasteiger partial charge in [0.25, 0.3) is 0 Å². The highest BCUT2D eigenvalue weighted by molar-refractivity contribution is 5.74. The summed E-state index contributed by atoms with van der Waals surface area (Å²) in [5.74, 6) is 0.0747. The van der Waals surface area contributed by atoms with Gasteiger partial charge >= 0.3 is 12.6 Å². The Morgan fingerprint density at radius 1 is 1.26 bits per heavy atom. The molecule has 7 heteroatoms. The van der Waals surface area contributed by atoms with Crippen LogP contribution in [0.2, 0.25) is 0 Å². The van der Waals surface area contributed by atoms with Crippen molar-refractivity contribution in [3.8, 4) is 5.75 Å². The molecule has 1 aromatic carbocycles. The number of nitrogens with one attached hydrogen (secondary N) is 2. The van der Waals surface area contributed by atoms with Gasteiger partial charge < -0.3 is 20.5 Å². The monoisotopic (exact) mass is 328 g/mol. The molecule has 2 amide bonds. The van der Waals surface area contributed by atoms with Crippen LogP contribution in [0.5, 0.6) is 5.75 Å². The summed E-state index contributed by atoms with van der Waals surface area (Å²) in [4.78, 5) is 12.0. The molecule has 0 aliphatic heterocycles. The Hall–Kier alpha value is -1.89. The van der Waals surface area contributed by atoms with Gasteiger partial charge in [-0.2, -0.15) is 8.78 Å². The highest BCUT2D eigenvalue weighted by atomic mass is 19.3. The maximum atomic E-state index is 12.1. The van der Waals surface area contributed by atoms with Crippen LogP contribution >= 0.6 is 0 Å². The van der Waals surface area contributed by atoms with Gasteiger partial charge in [0.1, 0.15) is 5.75 Å². The zero-order chi connectivity index (χ0) is 16.8. The Morgan fingerprint density at radius 3 is 2.52 bits per heavy atom. The number of carbonyl (C=O) groups excluding carboxylic acids is 1. The van der Waals surface area contributed by atoms with Crippen LogP contribution in [-0.4, -0.2) is 29.9 Å². The molecule has 3 atom stereocenters. The SMILES string of the molecule is CC(NC(=O)NC1CCCCC1O)c1ccc(OC(F)F)cc1. The minimum absolute atomic E-state index is 0.0747. The van der Waals surface area contributed by atoms with Gasteiger partial charge in [0, 0.05) is 0 Å². The quantitative estimate of drug-likeness (QED) is 0.778. The summed E-state index contributed by atoms with van der Waals surface area (Å²) in [5.41, 5.74) is 0.769. The van der Waals surface area contributed by atoms with Gasteiger partial charge in [-0.3, -0.25) is 0 Å². The van der Waals surface area contributed by atoms with E-state index in [-0.39, 0.29) is 23.9 Å². The van der Waals surface area contributed by atoms with Gasteiger partial charge in [0.15, 0.2) is 0 Å². The van der Waals surface area contributed by atoms with Crippen LogP contribution in [-0.2, 0) is 0 Å². The largest absolute Gasteiger partial charge is 0.435 e. The summed E-state index contributed by atoms with van der Waals surface area (Å²) >= 11 is 0. The fourth-order valence-electron chi connectivity index (χ4n) is 2.71. The highest BCUT2D eigenvalue weighted by Crippen LogP contribution is 2.20. The topological polar surface area (TPSA) is 70.6 Å². The molecule has 2 rings (SSSR count). The third kappa shape index (κ3) is 5.35. The normalized spacial score (nSPS) is 22.5. The number of hydrogen-bond donors (Lipinski definition) is 3. The average molecular weight is 328 g/mol. The predicted octanol–water partition coefficient (Wildman–Crippen LogP) is 2.95. The van der Waals surface area contributed by atoms with Crippen molar-refractivity contribution in [3.05, 3.63) is 29.8 Å². The standard InChI is InChI=1S/C16H22F2N2O3/c1-10(11-6-8-12(9-7-11)23-15(17)18)19-16(22)20-13-4-2-3-5-14(13)21/h6-10,13-15,21H,2-5H2,1H3,(H2,19,20,22). The Bertz CT molecular complexity index is 511. The Balaban J connectivity index is 1.85. The number of alkyl halides is 2. The third-order valence-electron chi connectivity index (χ3n) is 4.00. The molecular formula is C16H22F2N2O3. The van der Waals surface area contributed by atoms with Crippen LogP contribution in [0.3, 0.4) is 0 Å². The minimum atomic E-state index is -2.86. The molecular weight excluding hydrogens is 306 g/mol. The van der Waals surface area contributed by atoms with Crippen LogP contribution in [0, 0.1) is 0 Å². The lowest BCUT2D eigenvalue weighted by Crippen LogP contribution is -2.49. The van der Waals surface area contributed by atoms with Gasteiger partial charge in [0.2, 0.25) is 0 Å². The second-order valence-corrected chi connectivity index (χ2v) is 5.75. The number of ether oxygens (including phenoxy) is 1. The van der Waals surface area contributed by atoms with E-state index >= 15 is 0 Å². The fourth-order valence-corrected chi connectivity index (χ4v) is 2.71. The van der Waals surface area contributed by atoms with Gasteiger partial charge in [-0.25, -0.2) is 4.79 Å². The lowest BCUT2D eigenvalue weighted by molar-refractivity contribution is -0.0498. The number of benzene rings is 1. The number of urea groups is 1. The van der Waals surface area contributed by atoms with E-state index in [2.05, 4.69) is 15.4 Å². The van der Waals surface area contributed by atoms with E-state index in [9.17, 15) is 18.7 Å². The summed E-state index contributed by atoms with van der Waals surface area (Å²) < 4.78 is 28.5. The van der Waals surface area contributed by atoms with E-state index < -0.39 is 12.7 Å². The first-order chi connectivity index (χ1) is 11.0. The van der Waals surface area contributed by atoms with E-state index in [1.807, 2.05) is 0 Å². The summed E-state index contributed by atoms with van der Waals surface area (Å²) in [6, 6.07) is 5.24. The lowest BCUT2D eigenvalue weighted by Gasteiger charge is -2.29. The van der Waals surface area contributed by atoms with Crippen LogP contribution in [0.1, 0.15) is 44.2 Å².